The minimum absolute atomic E-state index is 0.0287. The lowest BCUT2D eigenvalue weighted by molar-refractivity contribution is 0.0743. The van der Waals surface area contributed by atoms with E-state index in [9.17, 15) is 9.59 Å². The normalized spacial score (nSPS) is 11.4. The number of rotatable bonds is 9. The Hall–Kier alpha value is -1.67. The van der Waals surface area contributed by atoms with Crippen molar-refractivity contribution in [3.63, 3.8) is 0 Å². The predicted molar refractivity (Wildman–Crippen MR) is 116 cm³/mol. The first-order valence-electron chi connectivity index (χ1n) is 8.98. The maximum absolute atomic E-state index is 13.0. The van der Waals surface area contributed by atoms with Gasteiger partial charge in [0.2, 0.25) is 0 Å². The first kappa shape index (κ1) is 21.0. The number of ether oxygens (including phenoxy) is 1. The van der Waals surface area contributed by atoms with Crippen molar-refractivity contribution in [1.29, 1.82) is 0 Å². The number of nitrogens with zero attached hydrogens (tertiary/aromatic N) is 2. The molecule has 0 saturated heterocycles. The highest BCUT2D eigenvalue weighted by molar-refractivity contribution is 7.99. The van der Waals surface area contributed by atoms with Crippen LogP contribution in [0.4, 0.5) is 0 Å². The smallest absolute Gasteiger partial charge is 0.262 e. The summed E-state index contributed by atoms with van der Waals surface area (Å²) in [6, 6.07) is 10.7. The fourth-order valence-electron chi connectivity index (χ4n) is 2.66. The summed E-state index contributed by atoms with van der Waals surface area (Å²) < 4.78 is 7.81. The number of hydrogen-bond acceptors (Lipinski definition) is 6. The lowest BCUT2D eigenvalue weighted by Gasteiger charge is -2.13. The Labute approximate surface area is 176 Å². The van der Waals surface area contributed by atoms with Gasteiger partial charge in [0.25, 0.3) is 5.56 Å². The molecule has 3 aromatic rings. The summed E-state index contributed by atoms with van der Waals surface area (Å²) in [5.74, 6) is 0.170. The molecule has 0 aliphatic heterocycles. The van der Waals surface area contributed by atoms with Crippen LogP contribution in [0, 0.1) is 0 Å². The van der Waals surface area contributed by atoms with Gasteiger partial charge >= 0.3 is 0 Å². The summed E-state index contributed by atoms with van der Waals surface area (Å²) in [7, 11) is 0. The van der Waals surface area contributed by atoms with Gasteiger partial charge in [0.15, 0.2) is 10.9 Å². The quantitative estimate of drug-likeness (QED) is 0.206. The number of halogens is 1. The van der Waals surface area contributed by atoms with Gasteiger partial charge in [-0.3, -0.25) is 14.2 Å². The zero-order valence-electron chi connectivity index (χ0n) is 15.7. The highest BCUT2D eigenvalue weighted by Crippen LogP contribution is 2.25. The molecule has 0 unspecified atom stereocenters. The zero-order chi connectivity index (χ0) is 20.1. The molecule has 28 heavy (non-hydrogen) atoms. The highest BCUT2D eigenvalue weighted by atomic mass is 35.5. The van der Waals surface area contributed by atoms with Crippen molar-refractivity contribution in [3.8, 4) is 0 Å². The van der Waals surface area contributed by atoms with Crippen LogP contribution in [0.25, 0.3) is 10.9 Å². The topological polar surface area (TPSA) is 61.2 Å². The SMILES string of the molecule is CC(C)OCCCn1c(SCC(=O)c2ccc(Cl)s2)nc2ccccc2c1=O. The largest absolute Gasteiger partial charge is 0.379 e. The zero-order valence-corrected chi connectivity index (χ0v) is 18.1. The molecule has 1 aromatic carbocycles. The van der Waals surface area contributed by atoms with Gasteiger partial charge in [-0.05, 0) is 44.5 Å². The molecule has 8 heteroatoms. The van der Waals surface area contributed by atoms with E-state index in [0.717, 1.165) is 0 Å². The summed E-state index contributed by atoms with van der Waals surface area (Å²) >= 11 is 8.45. The molecule has 0 spiro atoms. The fraction of sp³-hybridized carbons (Fsp3) is 0.350. The van der Waals surface area contributed by atoms with Crippen LogP contribution >= 0.6 is 34.7 Å². The summed E-state index contributed by atoms with van der Waals surface area (Å²) in [6.07, 6.45) is 0.843. The molecule has 0 radical (unpaired) electrons. The second kappa shape index (κ2) is 9.69. The Morgan fingerprint density at radius 2 is 2.07 bits per heavy atom. The van der Waals surface area contributed by atoms with Crippen molar-refractivity contribution in [3.05, 3.63) is 56.0 Å². The molecule has 5 nitrogen and oxygen atoms in total. The van der Waals surface area contributed by atoms with E-state index in [1.165, 1.54) is 23.1 Å². The van der Waals surface area contributed by atoms with E-state index in [1.807, 2.05) is 32.0 Å². The van der Waals surface area contributed by atoms with Crippen LogP contribution in [0.5, 0.6) is 0 Å². The van der Waals surface area contributed by atoms with Crippen LogP contribution in [-0.4, -0.2) is 33.8 Å². The lowest BCUT2D eigenvalue weighted by atomic mass is 10.2. The van der Waals surface area contributed by atoms with E-state index < -0.39 is 0 Å². The van der Waals surface area contributed by atoms with Crippen LogP contribution in [0.2, 0.25) is 4.34 Å². The van der Waals surface area contributed by atoms with Crippen LogP contribution in [0.15, 0.2) is 46.3 Å². The number of thiophene rings is 1. The van der Waals surface area contributed by atoms with E-state index in [-0.39, 0.29) is 23.2 Å². The molecule has 0 amide bonds. The van der Waals surface area contributed by atoms with Gasteiger partial charge in [0.05, 0.1) is 32.0 Å². The Balaban J connectivity index is 1.82. The van der Waals surface area contributed by atoms with Gasteiger partial charge in [-0.25, -0.2) is 4.98 Å². The molecule has 2 aromatic heterocycles. The van der Waals surface area contributed by atoms with Gasteiger partial charge in [-0.2, -0.15) is 0 Å². The van der Waals surface area contributed by atoms with E-state index >= 15 is 0 Å². The second-order valence-electron chi connectivity index (χ2n) is 6.46. The van der Waals surface area contributed by atoms with Crippen molar-refractivity contribution >= 4 is 51.4 Å². The summed E-state index contributed by atoms with van der Waals surface area (Å²) in [4.78, 5) is 30.6. The fourth-order valence-corrected chi connectivity index (χ4v) is 4.64. The van der Waals surface area contributed by atoms with E-state index in [0.29, 0.717) is 44.8 Å². The molecule has 0 aliphatic rings. The minimum atomic E-state index is -0.0933. The van der Waals surface area contributed by atoms with E-state index in [1.54, 1.807) is 22.8 Å². The van der Waals surface area contributed by atoms with Gasteiger partial charge in [0.1, 0.15) is 0 Å². The standard InChI is InChI=1S/C20H21ClN2O3S2/c1-13(2)26-11-5-10-23-19(25)14-6-3-4-7-15(14)22-20(23)27-12-16(24)17-8-9-18(21)28-17/h3-4,6-9,13H,5,10-12H2,1-2H3. The maximum Gasteiger partial charge on any atom is 0.262 e. The van der Waals surface area contributed by atoms with E-state index in [2.05, 4.69) is 4.98 Å². The van der Waals surface area contributed by atoms with Gasteiger partial charge in [-0.1, -0.05) is 35.5 Å². The predicted octanol–water partition coefficient (Wildman–Crippen LogP) is 4.90. The van der Waals surface area contributed by atoms with Crippen molar-refractivity contribution in [1.82, 2.24) is 9.55 Å². The van der Waals surface area contributed by atoms with Gasteiger partial charge in [-0.15, -0.1) is 11.3 Å². The summed E-state index contributed by atoms with van der Waals surface area (Å²) in [5.41, 5.74) is 0.542. The third-order valence-electron chi connectivity index (χ3n) is 3.98. The van der Waals surface area contributed by atoms with Crippen molar-refractivity contribution < 1.29 is 9.53 Å². The highest BCUT2D eigenvalue weighted by Gasteiger charge is 2.15. The number of hydrogen-bond donors (Lipinski definition) is 0. The molecule has 0 N–H and O–H groups in total. The van der Waals surface area contributed by atoms with Crippen LogP contribution in [-0.2, 0) is 11.3 Å². The molecule has 148 valence electrons. The van der Waals surface area contributed by atoms with Gasteiger partial charge < -0.3 is 4.74 Å². The first-order chi connectivity index (χ1) is 13.5. The molecule has 0 fully saturated rings. The molecule has 0 bridgehead atoms. The monoisotopic (exact) mass is 436 g/mol. The Morgan fingerprint density at radius 1 is 1.29 bits per heavy atom. The van der Waals surface area contributed by atoms with Crippen LogP contribution < -0.4 is 5.56 Å². The molecular formula is C20H21ClN2O3S2. The average Bonchev–Trinajstić information content (AvgIpc) is 3.11. The molecule has 0 aliphatic carbocycles. The third kappa shape index (κ3) is 5.23. The van der Waals surface area contributed by atoms with Crippen LogP contribution in [0.3, 0.4) is 0 Å². The number of fused-ring (bicyclic) bond motifs is 1. The Kier molecular flexibility index (Phi) is 7.29. The number of carbonyl (C=O) groups is 1. The Morgan fingerprint density at radius 3 is 2.79 bits per heavy atom. The number of benzene rings is 1. The number of Topliss-reactive ketones (excluding diaryl/α,β-unsaturated/α-hetero) is 1. The third-order valence-corrected chi connectivity index (χ3v) is 6.23. The number of para-hydroxylation sites is 1. The molecular weight excluding hydrogens is 416 g/mol. The second-order valence-corrected chi connectivity index (χ2v) is 9.11. The summed E-state index contributed by atoms with van der Waals surface area (Å²) in [6.45, 7) is 5.01. The van der Waals surface area contributed by atoms with Crippen molar-refractivity contribution in [2.75, 3.05) is 12.4 Å². The van der Waals surface area contributed by atoms with E-state index in [4.69, 9.17) is 16.3 Å². The van der Waals surface area contributed by atoms with Crippen LogP contribution in [0.1, 0.15) is 29.9 Å². The molecule has 3 rings (SSSR count). The molecule has 0 saturated carbocycles. The lowest BCUT2D eigenvalue weighted by Crippen LogP contribution is -2.24. The number of ketones is 1. The molecule has 0 atom stereocenters. The first-order valence-corrected chi connectivity index (χ1v) is 11.2. The van der Waals surface area contributed by atoms with Gasteiger partial charge in [0, 0.05) is 13.2 Å². The maximum atomic E-state index is 13.0. The number of aromatic nitrogens is 2. The number of carbonyl (C=O) groups excluding carboxylic acids is 1. The summed E-state index contributed by atoms with van der Waals surface area (Å²) in [5, 5.41) is 1.12. The minimum Gasteiger partial charge on any atom is -0.379 e. The number of thioether (sulfide) groups is 1. The molecule has 2 heterocycles. The Bertz CT molecular complexity index is 1030. The van der Waals surface area contributed by atoms with Crippen molar-refractivity contribution in [2.45, 2.75) is 38.1 Å². The van der Waals surface area contributed by atoms with Crippen molar-refractivity contribution in [2.24, 2.45) is 0 Å². The average molecular weight is 437 g/mol.